The van der Waals surface area contributed by atoms with Crippen LogP contribution in [0, 0.1) is 0 Å². The number of carbonyl (C=O) groups excluding carboxylic acids is 2. The molecule has 0 radical (unpaired) electrons. The summed E-state index contributed by atoms with van der Waals surface area (Å²) in [4.78, 5) is 28.7. The molecular weight excluding hydrogens is 516 g/mol. The zero-order valence-corrected chi connectivity index (χ0v) is 22.8. The summed E-state index contributed by atoms with van der Waals surface area (Å²) >= 11 is 3.47. The summed E-state index contributed by atoms with van der Waals surface area (Å²) in [6.45, 7) is 6.92. The van der Waals surface area contributed by atoms with Gasteiger partial charge in [0.05, 0.1) is 0 Å². The van der Waals surface area contributed by atoms with Crippen molar-refractivity contribution in [1.82, 2.24) is 10.2 Å². The Kier molecular flexibility index (Phi) is 10.6. The molecule has 5 nitrogen and oxygen atoms in total. The van der Waals surface area contributed by atoms with Crippen LogP contribution >= 0.6 is 15.9 Å². The molecule has 0 heterocycles. The van der Waals surface area contributed by atoms with Crippen LogP contribution < -0.4 is 10.1 Å². The number of nitrogens with zero attached hydrogens (tertiary/aromatic N) is 1. The average Bonchev–Trinajstić information content (AvgIpc) is 2.89. The molecule has 0 fully saturated rings. The van der Waals surface area contributed by atoms with Crippen LogP contribution in [0.4, 0.5) is 0 Å². The second kappa shape index (κ2) is 13.8. The second-order valence-corrected chi connectivity index (χ2v) is 10.0. The van der Waals surface area contributed by atoms with Gasteiger partial charge in [0, 0.05) is 24.0 Å². The third kappa shape index (κ3) is 7.95. The van der Waals surface area contributed by atoms with E-state index in [2.05, 4.69) is 35.1 Å². The fraction of sp³-hybridized carbons (Fsp3) is 0.333. The smallest absolute Gasteiger partial charge is 0.261 e. The quantitative estimate of drug-likeness (QED) is 0.295. The van der Waals surface area contributed by atoms with Gasteiger partial charge in [-0.05, 0) is 47.2 Å². The van der Waals surface area contributed by atoms with Gasteiger partial charge in [0.1, 0.15) is 11.8 Å². The Labute approximate surface area is 223 Å². The second-order valence-electron chi connectivity index (χ2n) is 9.13. The Morgan fingerprint density at radius 3 is 2.25 bits per heavy atom. The lowest BCUT2D eigenvalue weighted by molar-refractivity contribution is -0.142. The van der Waals surface area contributed by atoms with Gasteiger partial charge in [-0.1, -0.05) is 97.4 Å². The SMILES string of the molecule is CCCNC(=O)[C@@H](Cc1ccccc1)N(Cc1ccc(Br)cc1)C(=O)COc1ccccc1C(C)C. The zero-order valence-electron chi connectivity index (χ0n) is 21.2. The third-order valence-corrected chi connectivity index (χ3v) is 6.51. The molecular formula is C30H35BrN2O3. The molecule has 0 aliphatic heterocycles. The number of benzene rings is 3. The Bertz CT molecular complexity index is 1120. The van der Waals surface area contributed by atoms with E-state index in [9.17, 15) is 9.59 Å². The van der Waals surface area contributed by atoms with Gasteiger partial charge in [0.25, 0.3) is 5.91 Å². The van der Waals surface area contributed by atoms with Gasteiger partial charge in [-0.3, -0.25) is 9.59 Å². The van der Waals surface area contributed by atoms with Crippen molar-refractivity contribution in [3.63, 3.8) is 0 Å². The van der Waals surface area contributed by atoms with E-state index in [1.54, 1.807) is 4.90 Å². The topological polar surface area (TPSA) is 58.6 Å². The predicted molar refractivity (Wildman–Crippen MR) is 148 cm³/mol. The van der Waals surface area contributed by atoms with E-state index in [1.165, 1.54) is 0 Å². The van der Waals surface area contributed by atoms with Crippen LogP contribution in [0.25, 0.3) is 0 Å². The number of para-hydroxylation sites is 1. The first-order valence-corrected chi connectivity index (χ1v) is 13.3. The maximum Gasteiger partial charge on any atom is 0.261 e. The van der Waals surface area contributed by atoms with Crippen LogP contribution in [-0.2, 0) is 22.6 Å². The number of rotatable bonds is 12. The lowest BCUT2D eigenvalue weighted by atomic mass is 10.0. The van der Waals surface area contributed by atoms with E-state index in [1.807, 2.05) is 85.8 Å². The minimum atomic E-state index is -0.668. The molecule has 36 heavy (non-hydrogen) atoms. The van der Waals surface area contributed by atoms with Crippen molar-refractivity contribution in [3.8, 4) is 5.75 Å². The summed E-state index contributed by atoms with van der Waals surface area (Å²) in [7, 11) is 0. The van der Waals surface area contributed by atoms with Crippen molar-refractivity contribution in [2.24, 2.45) is 0 Å². The van der Waals surface area contributed by atoms with Crippen molar-refractivity contribution >= 4 is 27.7 Å². The normalized spacial score (nSPS) is 11.7. The zero-order chi connectivity index (χ0) is 25.9. The summed E-state index contributed by atoms with van der Waals surface area (Å²) in [5.41, 5.74) is 2.98. The first-order chi connectivity index (χ1) is 17.4. The summed E-state index contributed by atoms with van der Waals surface area (Å²) in [5, 5.41) is 3.00. The summed E-state index contributed by atoms with van der Waals surface area (Å²) in [6.07, 6.45) is 1.24. The van der Waals surface area contributed by atoms with Crippen LogP contribution in [0.3, 0.4) is 0 Å². The van der Waals surface area contributed by atoms with E-state index < -0.39 is 6.04 Å². The average molecular weight is 552 g/mol. The number of halogens is 1. The first kappa shape index (κ1) is 27.5. The van der Waals surface area contributed by atoms with Crippen LogP contribution in [0.15, 0.2) is 83.3 Å². The van der Waals surface area contributed by atoms with Crippen LogP contribution in [0.1, 0.15) is 49.8 Å². The Morgan fingerprint density at radius 1 is 0.917 bits per heavy atom. The highest BCUT2D eigenvalue weighted by Gasteiger charge is 2.30. The minimum absolute atomic E-state index is 0.146. The minimum Gasteiger partial charge on any atom is -0.483 e. The lowest BCUT2D eigenvalue weighted by Gasteiger charge is -2.31. The van der Waals surface area contributed by atoms with E-state index in [0.717, 1.165) is 27.6 Å². The molecule has 1 atom stereocenters. The van der Waals surface area contributed by atoms with E-state index in [4.69, 9.17) is 4.74 Å². The molecule has 0 aliphatic carbocycles. The van der Waals surface area contributed by atoms with Crippen molar-refractivity contribution < 1.29 is 14.3 Å². The Hall–Kier alpha value is -3.12. The molecule has 3 aromatic carbocycles. The highest BCUT2D eigenvalue weighted by molar-refractivity contribution is 9.10. The number of ether oxygens (including phenoxy) is 1. The van der Waals surface area contributed by atoms with Gasteiger partial charge in [0.15, 0.2) is 6.61 Å². The molecule has 2 amide bonds. The van der Waals surface area contributed by atoms with Gasteiger partial charge >= 0.3 is 0 Å². The van der Waals surface area contributed by atoms with Crippen LogP contribution in [-0.4, -0.2) is 35.9 Å². The molecule has 0 spiro atoms. The molecule has 6 heteroatoms. The largest absolute Gasteiger partial charge is 0.483 e. The summed E-state index contributed by atoms with van der Waals surface area (Å²) in [5.74, 6) is 0.568. The summed E-state index contributed by atoms with van der Waals surface area (Å²) in [6, 6.07) is 24.7. The molecule has 0 saturated carbocycles. The number of carbonyl (C=O) groups is 2. The standard InChI is InChI=1S/C30H35BrN2O3/c1-4-18-32-30(35)27(19-23-10-6-5-7-11-23)33(20-24-14-16-25(31)17-15-24)29(34)21-36-28-13-9-8-12-26(28)22(2)3/h5-17,22,27H,4,18-21H2,1-3H3,(H,32,35)/t27-/m1/s1. The van der Waals surface area contributed by atoms with E-state index in [0.29, 0.717) is 25.3 Å². The molecule has 1 N–H and O–H groups in total. The van der Waals surface area contributed by atoms with Gasteiger partial charge in [-0.25, -0.2) is 0 Å². The molecule has 0 saturated heterocycles. The first-order valence-electron chi connectivity index (χ1n) is 12.5. The van der Waals surface area contributed by atoms with Gasteiger partial charge < -0.3 is 15.0 Å². The van der Waals surface area contributed by atoms with Crippen molar-refractivity contribution in [3.05, 3.63) is 100 Å². The maximum atomic E-state index is 13.7. The highest BCUT2D eigenvalue weighted by Crippen LogP contribution is 2.26. The van der Waals surface area contributed by atoms with Gasteiger partial charge in [-0.15, -0.1) is 0 Å². The van der Waals surface area contributed by atoms with Gasteiger partial charge in [-0.2, -0.15) is 0 Å². The van der Waals surface area contributed by atoms with Gasteiger partial charge in [0.2, 0.25) is 5.91 Å². The Balaban J connectivity index is 1.90. The molecule has 0 unspecified atom stereocenters. The predicted octanol–water partition coefficient (Wildman–Crippen LogP) is 6.12. The number of hydrogen-bond donors (Lipinski definition) is 1. The Morgan fingerprint density at radius 2 is 1.58 bits per heavy atom. The van der Waals surface area contributed by atoms with Crippen molar-refractivity contribution in [2.45, 2.75) is 52.1 Å². The molecule has 3 aromatic rings. The fourth-order valence-corrected chi connectivity index (χ4v) is 4.28. The highest BCUT2D eigenvalue weighted by atomic mass is 79.9. The lowest BCUT2D eigenvalue weighted by Crippen LogP contribution is -2.51. The monoisotopic (exact) mass is 550 g/mol. The molecule has 3 rings (SSSR count). The van der Waals surface area contributed by atoms with E-state index >= 15 is 0 Å². The molecule has 0 aliphatic rings. The molecule has 190 valence electrons. The van der Waals surface area contributed by atoms with Crippen molar-refractivity contribution in [2.75, 3.05) is 13.2 Å². The van der Waals surface area contributed by atoms with Crippen LogP contribution in [0.2, 0.25) is 0 Å². The number of nitrogens with one attached hydrogen (secondary N) is 1. The van der Waals surface area contributed by atoms with E-state index in [-0.39, 0.29) is 24.3 Å². The molecule has 0 aromatic heterocycles. The fourth-order valence-electron chi connectivity index (χ4n) is 4.02. The summed E-state index contributed by atoms with van der Waals surface area (Å²) < 4.78 is 6.99. The molecule has 0 bridgehead atoms. The van der Waals surface area contributed by atoms with Crippen molar-refractivity contribution in [1.29, 1.82) is 0 Å². The van der Waals surface area contributed by atoms with Crippen LogP contribution in [0.5, 0.6) is 5.75 Å². The maximum absolute atomic E-state index is 13.7. The number of amides is 2. The number of hydrogen-bond acceptors (Lipinski definition) is 3. The third-order valence-electron chi connectivity index (χ3n) is 5.98.